The maximum absolute atomic E-state index is 12.5. The Labute approximate surface area is 158 Å². The van der Waals surface area contributed by atoms with Crippen molar-refractivity contribution in [2.45, 2.75) is 6.54 Å². The minimum atomic E-state index is -0.487. The van der Waals surface area contributed by atoms with E-state index in [-0.39, 0.29) is 5.91 Å². The van der Waals surface area contributed by atoms with Gasteiger partial charge in [0.15, 0.2) is 0 Å². The summed E-state index contributed by atoms with van der Waals surface area (Å²) in [6, 6.07) is 15.9. The van der Waals surface area contributed by atoms with Gasteiger partial charge in [-0.15, -0.1) is 0 Å². The molecule has 0 fully saturated rings. The summed E-state index contributed by atoms with van der Waals surface area (Å²) in [6.07, 6.45) is 1.62. The molecule has 0 aliphatic carbocycles. The minimum absolute atomic E-state index is 0.321. The molecule has 7 heteroatoms. The summed E-state index contributed by atoms with van der Waals surface area (Å²) in [5, 5.41) is 7.09. The Bertz CT molecular complexity index is 952. The third-order valence-corrected chi connectivity index (χ3v) is 4.56. The van der Waals surface area contributed by atoms with Crippen LogP contribution >= 0.6 is 15.9 Å². The molecule has 0 spiro atoms. The van der Waals surface area contributed by atoms with Crippen LogP contribution in [-0.2, 0) is 11.3 Å². The molecule has 0 saturated heterocycles. The Morgan fingerprint density at radius 3 is 2.65 bits per heavy atom. The van der Waals surface area contributed by atoms with Gasteiger partial charge in [0.05, 0.1) is 25.4 Å². The molecule has 1 N–H and O–H groups in total. The lowest BCUT2D eigenvalue weighted by atomic mass is 10.1. The second-order valence-electron chi connectivity index (χ2n) is 5.49. The maximum atomic E-state index is 12.5. The van der Waals surface area contributed by atoms with E-state index in [0.717, 1.165) is 10.0 Å². The number of ether oxygens (including phenoxy) is 1. The second-order valence-corrected chi connectivity index (χ2v) is 6.35. The van der Waals surface area contributed by atoms with Gasteiger partial charge in [0.2, 0.25) is 0 Å². The number of rotatable bonds is 5. The van der Waals surface area contributed by atoms with Crippen LogP contribution in [0.15, 0.2) is 65.3 Å². The molecule has 6 nitrogen and oxygen atoms in total. The fourth-order valence-electron chi connectivity index (χ4n) is 2.45. The van der Waals surface area contributed by atoms with Crippen LogP contribution in [0.25, 0.3) is 0 Å². The average molecular weight is 414 g/mol. The first-order chi connectivity index (χ1) is 12.6. The molecule has 0 atom stereocenters. The standard InChI is InChI=1S/C19H16BrN3O3/c1-26-19(25)14-7-4-6-13(11-14)18(24)22-17-9-10-21-23(17)12-15-5-2-3-8-16(15)20/h2-11H,12H2,1H3,(H,22,24). The number of anilines is 1. The molecule has 26 heavy (non-hydrogen) atoms. The van der Waals surface area contributed by atoms with Crippen molar-refractivity contribution in [3.8, 4) is 0 Å². The minimum Gasteiger partial charge on any atom is -0.465 e. The molecule has 0 unspecified atom stereocenters. The Hall–Kier alpha value is -2.93. The topological polar surface area (TPSA) is 73.2 Å². The zero-order valence-electron chi connectivity index (χ0n) is 14.0. The molecular formula is C19H16BrN3O3. The number of amides is 1. The van der Waals surface area contributed by atoms with Crippen molar-refractivity contribution >= 4 is 33.6 Å². The largest absolute Gasteiger partial charge is 0.465 e. The first kappa shape index (κ1) is 17.9. The van der Waals surface area contributed by atoms with Gasteiger partial charge in [-0.25, -0.2) is 9.48 Å². The fourth-order valence-corrected chi connectivity index (χ4v) is 2.86. The molecule has 1 heterocycles. The molecule has 1 aromatic heterocycles. The van der Waals surface area contributed by atoms with Gasteiger partial charge in [-0.3, -0.25) is 4.79 Å². The Morgan fingerprint density at radius 2 is 1.88 bits per heavy atom. The zero-order valence-corrected chi connectivity index (χ0v) is 15.6. The van der Waals surface area contributed by atoms with Crippen molar-refractivity contribution < 1.29 is 14.3 Å². The van der Waals surface area contributed by atoms with Crippen LogP contribution in [0.1, 0.15) is 26.3 Å². The summed E-state index contributed by atoms with van der Waals surface area (Å²) in [5.41, 5.74) is 1.72. The number of hydrogen-bond donors (Lipinski definition) is 1. The number of benzene rings is 2. The first-order valence-electron chi connectivity index (χ1n) is 7.83. The smallest absolute Gasteiger partial charge is 0.337 e. The molecule has 3 aromatic rings. The van der Waals surface area contributed by atoms with Gasteiger partial charge < -0.3 is 10.1 Å². The van der Waals surface area contributed by atoms with Crippen LogP contribution in [0, 0.1) is 0 Å². The van der Waals surface area contributed by atoms with Crippen molar-refractivity contribution in [2.75, 3.05) is 12.4 Å². The van der Waals surface area contributed by atoms with Crippen molar-refractivity contribution in [3.05, 3.63) is 82.0 Å². The van der Waals surface area contributed by atoms with Gasteiger partial charge in [0.1, 0.15) is 5.82 Å². The highest BCUT2D eigenvalue weighted by Crippen LogP contribution is 2.19. The molecule has 0 aliphatic heterocycles. The lowest BCUT2D eigenvalue weighted by molar-refractivity contribution is 0.0600. The zero-order chi connectivity index (χ0) is 18.5. The van der Waals surface area contributed by atoms with Gasteiger partial charge in [0.25, 0.3) is 5.91 Å². The Kier molecular flexibility index (Phi) is 5.48. The van der Waals surface area contributed by atoms with E-state index in [4.69, 9.17) is 0 Å². The average Bonchev–Trinajstić information content (AvgIpc) is 3.09. The molecule has 0 aliphatic rings. The molecule has 2 aromatic carbocycles. The lowest BCUT2D eigenvalue weighted by Gasteiger charge is -2.10. The Balaban J connectivity index is 1.78. The van der Waals surface area contributed by atoms with Crippen LogP contribution in [0.4, 0.5) is 5.82 Å². The van der Waals surface area contributed by atoms with E-state index < -0.39 is 5.97 Å². The number of nitrogens with one attached hydrogen (secondary N) is 1. The molecule has 1 amide bonds. The molecule has 0 saturated carbocycles. The van der Waals surface area contributed by atoms with Crippen molar-refractivity contribution in [1.29, 1.82) is 0 Å². The normalized spacial score (nSPS) is 10.4. The van der Waals surface area contributed by atoms with E-state index in [1.807, 2.05) is 24.3 Å². The van der Waals surface area contributed by atoms with Crippen LogP contribution in [0.5, 0.6) is 0 Å². The summed E-state index contributed by atoms with van der Waals surface area (Å²) in [7, 11) is 1.30. The number of hydrogen-bond acceptors (Lipinski definition) is 4. The number of carbonyl (C=O) groups is 2. The van der Waals surface area contributed by atoms with E-state index >= 15 is 0 Å². The highest BCUT2D eigenvalue weighted by atomic mass is 79.9. The van der Waals surface area contributed by atoms with Gasteiger partial charge in [-0.05, 0) is 29.8 Å². The first-order valence-corrected chi connectivity index (χ1v) is 8.62. The number of esters is 1. The third kappa shape index (κ3) is 4.00. The lowest BCUT2D eigenvalue weighted by Crippen LogP contribution is -2.17. The van der Waals surface area contributed by atoms with Crippen LogP contribution < -0.4 is 5.32 Å². The van der Waals surface area contributed by atoms with E-state index in [1.165, 1.54) is 13.2 Å². The van der Waals surface area contributed by atoms with E-state index in [1.54, 1.807) is 35.1 Å². The van der Waals surface area contributed by atoms with E-state index in [0.29, 0.717) is 23.5 Å². The van der Waals surface area contributed by atoms with Gasteiger partial charge in [-0.2, -0.15) is 5.10 Å². The maximum Gasteiger partial charge on any atom is 0.337 e. The summed E-state index contributed by atoms with van der Waals surface area (Å²) in [4.78, 5) is 24.2. The van der Waals surface area contributed by atoms with Gasteiger partial charge in [0, 0.05) is 16.1 Å². The monoisotopic (exact) mass is 413 g/mol. The molecule has 3 rings (SSSR count). The number of methoxy groups -OCH3 is 1. The molecular weight excluding hydrogens is 398 g/mol. The molecule has 132 valence electrons. The van der Waals surface area contributed by atoms with Gasteiger partial charge >= 0.3 is 5.97 Å². The number of carbonyl (C=O) groups excluding carboxylic acids is 2. The molecule has 0 bridgehead atoms. The van der Waals surface area contributed by atoms with Crippen LogP contribution in [0.3, 0.4) is 0 Å². The number of aromatic nitrogens is 2. The summed E-state index contributed by atoms with van der Waals surface area (Å²) < 4.78 is 7.35. The fraction of sp³-hybridized carbons (Fsp3) is 0.105. The highest BCUT2D eigenvalue weighted by Gasteiger charge is 2.13. The highest BCUT2D eigenvalue weighted by molar-refractivity contribution is 9.10. The van der Waals surface area contributed by atoms with Crippen LogP contribution in [0.2, 0.25) is 0 Å². The SMILES string of the molecule is COC(=O)c1cccc(C(=O)Nc2ccnn2Cc2ccccc2Br)c1. The van der Waals surface area contributed by atoms with Crippen molar-refractivity contribution in [1.82, 2.24) is 9.78 Å². The number of nitrogens with zero attached hydrogens (tertiary/aromatic N) is 2. The second kappa shape index (κ2) is 7.97. The van der Waals surface area contributed by atoms with E-state index in [2.05, 4.69) is 31.1 Å². The van der Waals surface area contributed by atoms with E-state index in [9.17, 15) is 9.59 Å². The molecule has 0 radical (unpaired) electrons. The number of halogens is 1. The quantitative estimate of drug-likeness (QED) is 0.646. The van der Waals surface area contributed by atoms with Crippen LogP contribution in [-0.4, -0.2) is 28.8 Å². The predicted molar refractivity (Wildman–Crippen MR) is 101 cm³/mol. The van der Waals surface area contributed by atoms with Crippen molar-refractivity contribution in [3.63, 3.8) is 0 Å². The van der Waals surface area contributed by atoms with Crippen molar-refractivity contribution in [2.24, 2.45) is 0 Å². The Morgan fingerprint density at radius 1 is 1.12 bits per heavy atom. The predicted octanol–water partition coefficient (Wildman–Crippen LogP) is 3.73. The van der Waals surface area contributed by atoms with Gasteiger partial charge in [-0.1, -0.05) is 40.2 Å². The summed E-state index contributed by atoms with van der Waals surface area (Å²) in [5.74, 6) is -0.252. The summed E-state index contributed by atoms with van der Waals surface area (Å²) in [6.45, 7) is 0.506. The third-order valence-electron chi connectivity index (χ3n) is 3.78. The summed E-state index contributed by atoms with van der Waals surface area (Å²) >= 11 is 3.51.